The number of rotatable bonds is 5. The number of phenols is 1. The van der Waals surface area contributed by atoms with Crippen LogP contribution in [0.2, 0.25) is 0 Å². The lowest BCUT2D eigenvalue weighted by Gasteiger charge is -2.30. The topological polar surface area (TPSA) is 108 Å². The van der Waals surface area contributed by atoms with Crippen LogP contribution in [0.25, 0.3) is 0 Å². The molecule has 26 heavy (non-hydrogen) atoms. The van der Waals surface area contributed by atoms with E-state index in [1.54, 1.807) is 0 Å². The molecule has 0 atom stereocenters. The molecule has 0 spiro atoms. The molecule has 0 radical (unpaired) electrons. The Labute approximate surface area is 149 Å². The number of carbonyl (C=O) groups is 1. The van der Waals surface area contributed by atoms with Gasteiger partial charge in [0.2, 0.25) is 0 Å². The summed E-state index contributed by atoms with van der Waals surface area (Å²) in [5.74, 6) is -0.457. The number of nitro benzene ring substituents is 1. The van der Waals surface area contributed by atoms with Crippen molar-refractivity contribution in [2.24, 2.45) is 5.10 Å². The molecule has 0 saturated heterocycles. The number of non-ortho nitro benzene ring substituents is 1. The number of nitrogens with one attached hydrogen (secondary N) is 1. The van der Waals surface area contributed by atoms with E-state index < -0.39 is 4.92 Å². The first-order valence-corrected chi connectivity index (χ1v) is 8.17. The third-order valence-electron chi connectivity index (χ3n) is 4.16. The summed E-state index contributed by atoms with van der Waals surface area (Å²) < 4.78 is 0. The van der Waals surface area contributed by atoms with Gasteiger partial charge in [-0.2, -0.15) is 5.10 Å². The van der Waals surface area contributed by atoms with Crippen molar-refractivity contribution in [2.45, 2.75) is 12.8 Å². The minimum absolute atomic E-state index is 0.154. The van der Waals surface area contributed by atoms with Crippen LogP contribution in [0.1, 0.15) is 17.5 Å². The molecule has 0 aromatic heterocycles. The maximum Gasteiger partial charge on any atom is 0.270 e. The van der Waals surface area contributed by atoms with Crippen molar-refractivity contribution in [2.75, 3.05) is 18.0 Å². The van der Waals surface area contributed by atoms with Crippen LogP contribution in [0.4, 0.5) is 11.4 Å². The van der Waals surface area contributed by atoms with Gasteiger partial charge in [-0.25, -0.2) is 5.43 Å². The van der Waals surface area contributed by atoms with Gasteiger partial charge in [0.1, 0.15) is 5.75 Å². The SMILES string of the molecule is O=C(CN1CCCc2ccccc21)N/N=C\c1cc([N+](=O)[O-])ccc1O. The molecular formula is C18H18N4O4. The van der Waals surface area contributed by atoms with Crippen molar-refractivity contribution in [1.82, 2.24) is 5.43 Å². The second-order valence-corrected chi connectivity index (χ2v) is 5.95. The monoisotopic (exact) mass is 354 g/mol. The van der Waals surface area contributed by atoms with Gasteiger partial charge < -0.3 is 10.0 Å². The van der Waals surface area contributed by atoms with E-state index in [0.29, 0.717) is 0 Å². The molecule has 0 aliphatic carbocycles. The molecule has 2 N–H and O–H groups in total. The Morgan fingerprint density at radius 2 is 2.15 bits per heavy atom. The third-order valence-corrected chi connectivity index (χ3v) is 4.16. The molecule has 8 nitrogen and oxygen atoms in total. The third kappa shape index (κ3) is 3.97. The van der Waals surface area contributed by atoms with Crippen LogP contribution in [-0.2, 0) is 11.2 Å². The maximum absolute atomic E-state index is 12.1. The molecule has 2 aromatic carbocycles. The zero-order valence-corrected chi connectivity index (χ0v) is 14.0. The van der Waals surface area contributed by atoms with Gasteiger partial charge in [-0.15, -0.1) is 0 Å². The molecule has 134 valence electrons. The number of fused-ring (bicyclic) bond motifs is 1. The highest BCUT2D eigenvalue weighted by molar-refractivity contribution is 5.87. The normalized spacial score (nSPS) is 13.5. The van der Waals surface area contributed by atoms with Crippen molar-refractivity contribution in [3.63, 3.8) is 0 Å². The Hall–Kier alpha value is -3.42. The van der Waals surface area contributed by atoms with Gasteiger partial charge in [-0.05, 0) is 30.5 Å². The number of amides is 1. The number of hydrogen-bond acceptors (Lipinski definition) is 6. The van der Waals surface area contributed by atoms with Gasteiger partial charge in [0.05, 0.1) is 17.7 Å². The number of carbonyl (C=O) groups excluding carboxylic acids is 1. The summed E-state index contributed by atoms with van der Waals surface area (Å²) in [6.07, 6.45) is 3.16. The highest BCUT2D eigenvalue weighted by atomic mass is 16.6. The zero-order valence-electron chi connectivity index (χ0n) is 14.0. The largest absolute Gasteiger partial charge is 0.507 e. The van der Waals surface area contributed by atoms with E-state index in [1.165, 1.54) is 30.0 Å². The van der Waals surface area contributed by atoms with Crippen LogP contribution in [0.5, 0.6) is 5.75 Å². The zero-order chi connectivity index (χ0) is 18.5. The van der Waals surface area contributed by atoms with Crippen molar-refractivity contribution in [1.29, 1.82) is 0 Å². The molecular weight excluding hydrogens is 336 g/mol. The lowest BCUT2D eigenvalue weighted by Crippen LogP contribution is -2.38. The fraction of sp³-hybridized carbons (Fsp3) is 0.222. The average molecular weight is 354 g/mol. The standard InChI is InChI=1S/C18H18N4O4/c23-17-8-7-15(22(25)26)10-14(17)11-19-20-18(24)12-21-9-3-5-13-4-1-2-6-16(13)21/h1-2,4,6-8,10-11,23H,3,5,9,12H2,(H,20,24)/b19-11-. The van der Waals surface area contributed by atoms with E-state index in [2.05, 4.69) is 16.6 Å². The minimum atomic E-state index is -0.566. The molecule has 8 heteroatoms. The number of hydrazone groups is 1. The summed E-state index contributed by atoms with van der Waals surface area (Å²) in [6, 6.07) is 11.6. The Morgan fingerprint density at radius 1 is 1.35 bits per heavy atom. The second kappa shape index (κ2) is 7.64. The fourth-order valence-electron chi connectivity index (χ4n) is 2.92. The Balaban J connectivity index is 1.62. The summed E-state index contributed by atoms with van der Waals surface area (Å²) in [4.78, 5) is 24.3. The molecule has 0 bridgehead atoms. The molecule has 3 rings (SSSR count). The van der Waals surface area contributed by atoms with Crippen LogP contribution in [0.3, 0.4) is 0 Å². The number of nitro groups is 1. The number of nitrogens with zero attached hydrogens (tertiary/aromatic N) is 3. The first-order chi connectivity index (χ1) is 12.5. The Bertz CT molecular complexity index is 866. The van der Waals surface area contributed by atoms with E-state index >= 15 is 0 Å². The van der Waals surface area contributed by atoms with Crippen molar-refractivity contribution >= 4 is 23.5 Å². The highest BCUT2D eigenvalue weighted by Crippen LogP contribution is 2.26. The van der Waals surface area contributed by atoms with Gasteiger partial charge in [0.25, 0.3) is 11.6 Å². The van der Waals surface area contributed by atoms with Crippen LogP contribution in [0, 0.1) is 10.1 Å². The van der Waals surface area contributed by atoms with Crippen LogP contribution < -0.4 is 10.3 Å². The predicted octanol–water partition coefficient (Wildman–Crippen LogP) is 2.20. The van der Waals surface area contributed by atoms with E-state index in [4.69, 9.17) is 0 Å². The van der Waals surface area contributed by atoms with Crippen molar-refractivity contribution < 1.29 is 14.8 Å². The Kier molecular flexibility index (Phi) is 5.12. The van der Waals surface area contributed by atoms with Gasteiger partial charge in [0.15, 0.2) is 0 Å². The number of hydrogen-bond donors (Lipinski definition) is 2. The van der Waals surface area contributed by atoms with Gasteiger partial charge in [-0.1, -0.05) is 18.2 Å². The molecule has 0 unspecified atom stereocenters. The number of aromatic hydroxyl groups is 1. The number of para-hydroxylation sites is 1. The maximum atomic E-state index is 12.1. The highest BCUT2D eigenvalue weighted by Gasteiger charge is 2.18. The van der Waals surface area contributed by atoms with E-state index in [-0.39, 0.29) is 29.5 Å². The summed E-state index contributed by atoms with van der Waals surface area (Å²) in [5, 5.41) is 24.3. The van der Waals surface area contributed by atoms with Gasteiger partial charge in [-0.3, -0.25) is 14.9 Å². The summed E-state index contributed by atoms with van der Waals surface area (Å²) >= 11 is 0. The first kappa shape index (κ1) is 17.4. The molecule has 2 aromatic rings. The average Bonchev–Trinajstić information content (AvgIpc) is 2.63. The molecule has 0 fully saturated rings. The van der Waals surface area contributed by atoms with Crippen molar-refractivity contribution in [3.05, 3.63) is 63.7 Å². The van der Waals surface area contributed by atoms with E-state index in [1.807, 2.05) is 23.1 Å². The van der Waals surface area contributed by atoms with Crippen LogP contribution in [0.15, 0.2) is 47.6 Å². The molecule has 1 heterocycles. The predicted molar refractivity (Wildman–Crippen MR) is 97.5 cm³/mol. The fourth-order valence-corrected chi connectivity index (χ4v) is 2.92. The van der Waals surface area contributed by atoms with Crippen molar-refractivity contribution in [3.8, 4) is 5.75 Å². The number of phenolic OH excluding ortho intramolecular Hbond substituents is 1. The van der Waals surface area contributed by atoms with Gasteiger partial charge in [0, 0.05) is 29.9 Å². The summed E-state index contributed by atoms with van der Waals surface area (Å²) in [5.41, 5.74) is 4.65. The second-order valence-electron chi connectivity index (χ2n) is 5.95. The summed E-state index contributed by atoms with van der Waals surface area (Å²) in [7, 11) is 0. The van der Waals surface area contributed by atoms with Crippen LogP contribution >= 0.6 is 0 Å². The number of anilines is 1. The summed E-state index contributed by atoms with van der Waals surface area (Å²) in [6.45, 7) is 0.953. The minimum Gasteiger partial charge on any atom is -0.507 e. The lowest BCUT2D eigenvalue weighted by molar-refractivity contribution is -0.384. The van der Waals surface area contributed by atoms with E-state index in [0.717, 1.165) is 25.1 Å². The number of aryl methyl sites for hydroxylation is 1. The van der Waals surface area contributed by atoms with Crippen LogP contribution in [-0.4, -0.2) is 35.2 Å². The molecule has 1 aliphatic rings. The Morgan fingerprint density at radius 3 is 2.96 bits per heavy atom. The van der Waals surface area contributed by atoms with E-state index in [9.17, 15) is 20.0 Å². The molecule has 1 aliphatic heterocycles. The number of benzene rings is 2. The smallest absolute Gasteiger partial charge is 0.270 e. The molecule has 1 amide bonds. The molecule has 0 saturated carbocycles. The lowest BCUT2D eigenvalue weighted by atomic mass is 10.0. The van der Waals surface area contributed by atoms with Gasteiger partial charge >= 0.3 is 0 Å². The quantitative estimate of drug-likeness (QED) is 0.486. The first-order valence-electron chi connectivity index (χ1n) is 8.17.